The minimum Gasteiger partial charge on any atom is -0.355 e. The van der Waals surface area contributed by atoms with Crippen molar-refractivity contribution in [3.63, 3.8) is 0 Å². The van der Waals surface area contributed by atoms with E-state index in [-0.39, 0.29) is 5.91 Å². The topological polar surface area (TPSA) is 83.0 Å². The molecule has 2 N–H and O–H groups in total. The zero-order chi connectivity index (χ0) is 20.5. The summed E-state index contributed by atoms with van der Waals surface area (Å²) < 4.78 is 8.16. The molecule has 2 aromatic heterocycles. The Hall–Kier alpha value is -3.78. The Balaban J connectivity index is 1.37. The summed E-state index contributed by atoms with van der Waals surface area (Å²) in [5, 5.41) is 6.59. The van der Waals surface area contributed by atoms with Gasteiger partial charge in [0.25, 0.3) is 5.91 Å². The molecular formula is C22H18N6OS. The predicted molar refractivity (Wildman–Crippen MR) is 119 cm³/mol. The zero-order valence-electron chi connectivity index (χ0n) is 16.2. The number of rotatable bonds is 5. The Morgan fingerprint density at radius 3 is 2.70 bits per heavy atom. The summed E-state index contributed by atoms with van der Waals surface area (Å²) in [4.78, 5) is 19.0. The van der Waals surface area contributed by atoms with Gasteiger partial charge in [-0.2, -0.15) is 8.75 Å². The van der Waals surface area contributed by atoms with Gasteiger partial charge >= 0.3 is 0 Å². The van der Waals surface area contributed by atoms with Gasteiger partial charge in [-0.25, -0.2) is 0 Å². The number of anilines is 5. The molecule has 148 valence electrons. The number of carbonyl (C=O) groups excluding carboxylic acids is 1. The van der Waals surface area contributed by atoms with Crippen molar-refractivity contribution in [1.82, 2.24) is 13.7 Å². The van der Waals surface area contributed by atoms with Crippen molar-refractivity contribution in [2.45, 2.75) is 13.5 Å². The van der Waals surface area contributed by atoms with E-state index in [0.29, 0.717) is 12.4 Å². The molecule has 0 radical (unpaired) electrons. The van der Waals surface area contributed by atoms with Gasteiger partial charge in [-0.05, 0) is 61.0 Å². The van der Waals surface area contributed by atoms with Crippen LogP contribution in [0.5, 0.6) is 0 Å². The minimum absolute atomic E-state index is 0.00350. The molecule has 1 aliphatic rings. The highest BCUT2D eigenvalue weighted by atomic mass is 32.1. The van der Waals surface area contributed by atoms with Crippen molar-refractivity contribution in [2.24, 2.45) is 0 Å². The maximum Gasteiger partial charge on any atom is 0.258 e. The molecule has 0 saturated heterocycles. The first-order valence-corrected chi connectivity index (χ1v) is 10.2. The second-order valence-corrected chi connectivity index (χ2v) is 7.60. The van der Waals surface area contributed by atoms with E-state index in [9.17, 15) is 4.79 Å². The summed E-state index contributed by atoms with van der Waals surface area (Å²) in [6.07, 6.45) is 3.45. The van der Waals surface area contributed by atoms with Crippen molar-refractivity contribution in [3.05, 3.63) is 83.8 Å². The Bertz CT molecular complexity index is 1220. The molecule has 8 heteroatoms. The van der Waals surface area contributed by atoms with E-state index >= 15 is 0 Å². The van der Waals surface area contributed by atoms with Gasteiger partial charge in [0, 0.05) is 40.2 Å². The Labute approximate surface area is 177 Å². The van der Waals surface area contributed by atoms with Crippen molar-refractivity contribution < 1.29 is 4.79 Å². The van der Waals surface area contributed by atoms with Gasteiger partial charge in [0.1, 0.15) is 0 Å². The van der Waals surface area contributed by atoms with Gasteiger partial charge < -0.3 is 15.5 Å². The average molecular weight is 414 g/mol. The molecule has 5 rings (SSSR count). The first-order valence-electron chi connectivity index (χ1n) is 9.45. The summed E-state index contributed by atoms with van der Waals surface area (Å²) in [7, 11) is 0. The van der Waals surface area contributed by atoms with Gasteiger partial charge in [0.05, 0.1) is 24.5 Å². The van der Waals surface area contributed by atoms with Crippen LogP contribution in [0.15, 0.2) is 67.0 Å². The number of amides is 1. The summed E-state index contributed by atoms with van der Waals surface area (Å²) in [6, 6.07) is 17.5. The number of pyridine rings is 1. The quantitative estimate of drug-likeness (QED) is 0.484. The van der Waals surface area contributed by atoms with Gasteiger partial charge in [0.15, 0.2) is 5.82 Å². The Kier molecular flexibility index (Phi) is 4.61. The Morgan fingerprint density at radius 1 is 1.00 bits per heavy atom. The third kappa shape index (κ3) is 3.60. The first kappa shape index (κ1) is 18.3. The predicted octanol–water partition coefficient (Wildman–Crippen LogP) is 4.89. The molecule has 0 spiro atoms. The highest BCUT2D eigenvalue weighted by molar-refractivity contribution is 6.99. The Morgan fingerprint density at radius 2 is 1.87 bits per heavy atom. The van der Waals surface area contributed by atoms with E-state index in [1.54, 1.807) is 17.3 Å². The first-order chi connectivity index (χ1) is 14.7. The van der Waals surface area contributed by atoms with Crippen LogP contribution in [-0.2, 0) is 6.54 Å². The molecule has 0 saturated carbocycles. The van der Waals surface area contributed by atoms with E-state index in [2.05, 4.69) is 24.4 Å². The van der Waals surface area contributed by atoms with Gasteiger partial charge in [-0.15, -0.1) is 0 Å². The lowest BCUT2D eigenvalue weighted by Crippen LogP contribution is -2.22. The molecule has 4 aromatic rings. The third-order valence-electron chi connectivity index (χ3n) is 4.89. The minimum atomic E-state index is 0.00350. The van der Waals surface area contributed by atoms with Crippen molar-refractivity contribution in [3.8, 4) is 0 Å². The molecule has 1 aliphatic heterocycles. The number of nitrogens with zero attached hydrogens (tertiary/aromatic N) is 4. The number of carbonyl (C=O) groups is 1. The summed E-state index contributed by atoms with van der Waals surface area (Å²) in [6.45, 7) is 2.49. The molecule has 0 aliphatic carbocycles. The summed E-state index contributed by atoms with van der Waals surface area (Å²) >= 11 is 1.15. The van der Waals surface area contributed by atoms with Crippen LogP contribution in [0.25, 0.3) is 0 Å². The molecular weight excluding hydrogens is 396 g/mol. The molecule has 2 aromatic carbocycles. The van der Waals surface area contributed by atoms with E-state index in [1.807, 2.05) is 61.5 Å². The lowest BCUT2D eigenvalue weighted by Gasteiger charge is -2.17. The number of hydrogen-bond donors (Lipinski definition) is 2. The smallest absolute Gasteiger partial charge is 0.258 e. The second kappa shape index (κ2) is 7.57. The maximum absolute atomic E-state index is 13.0. The van der Waals surface area contributed by atoms with E-state index in [1.165, 1.54) is 0 Å². The highest BCUT2D eigenvalue weighted by Crippen LogP contribution is 2.32. The van der Waals surface area contributed by atoms with Crippen LogP contribution in [0.1, 0.15) is 21.6 Å². The molecule has 3 heterocycles. The molecule has 0 unspecified atom stereocenters. The number of hydrogen-bond acceptors (Lipinski definition) is 7. The summed E-state index contributed by atoms with van der Waals surface area (Å²) in [5.74, 6) is 0.694. The molecule has 1 amide bonds. The fourth-order valence-corrected chi connectivity index (χ4v) is 3.89. The van der Waals surface area contributed by atoms with Crippen LogP contribution >= 0.6 is 11.7 Å². The van der Waals surface area contributed by atoms with Crippen LogP contribution in [0.3, 0.4) is 0 Å². The fraction of sp³-hybridized carbons (Fsp3) is 0.0909. The number of fused-ring (bicyclic) bond motifs is 1. The van der Waals surface area contributed by atoms with E-state index in [4.69, 9.17) is 0 Å². The molecule has 0 fully saturated rings. The largest absolute Gasteiger partial charge is 0.355 e. The summed E-state index contributed by atoms with van der Waals surface area (Å²) in [5.41, 5.74) is 6.29. The van der Waals surface area contributed by atoms with Gasteiger partial charge in [-0.1, -0.05) is 6.07 Å². The van der Waals surface area contributed by atoms with E-state index in [0.717, 1.165) is 51.3 Å². The molecule has 0 bridgehead atoms. The SMILES string of the molecule is Cc1cc(Nc2ccc3c(c2)CN(c2cccc(Nc4cnsn4)c2)C3=O)ccn1. The number of aromatic nitrogens is 3. The standard InChI is InChI=1S/C22H18N6OS/c1-14-9-18(7-8-23-14)25-17-5-6-20-15(10-17)13-28(22(20)29)19-4-2-3-16(11-19)26-21-12-24-30-27-21/h2-12H,13H2,1H3,(H,23,25)(H,26,27). The zero-order valence-corrected chi connectivity index (χ0v) is 17.0. The van der Waals surface area contributed by atoms with Crippen molar-refractivity contribution in [2.75, 3.05) is 15.5 Å². The van der Waals surface area contributed by atoms with Crippen LogP contribution < -0.4 is 15.5 Å². The lowest BCUT2D eigenvalue weighted by atomic mass is 10.1. The number of aryl methyl sites for hydroxylation is 1. The monoisotopic (exact) mass is 414 g/mol. The third-order valence-corrected chi connectivity index (χ3v) is 5.36. The van der Waals surface area contributed by atoms with Crippen molar-refractivity contribution in [1.29, 1.82) is 0 Å². The fourth-order valence-electron chi connectivity index (χ4n) is 3.52. The normalized spacial score (nSPS) is 12.7. The number of nitrogens with one attached hydrogen (secondary N) is 2. The van der Waals surface area contributed by atoms with Crippen molar-refractivity contribution >= 4 is 46.2 Å². The van der Waals surface area contributed by atoms with Crippen LogP contribution in [0, 0.1) is 6.92 Å². The average Bonchev–Trinajstić information content (AvgIpc) is 3.36. The van der Waals surface area contributed by atoms with Crippen LogP contribution in [0.2, 0.25) is 0 Å². The maximum atomic E-state index is 13.0. The van der Waals surface area contributed by atoms with E-state index < -0.39 is 0 Å². The van der Waals surface area contributed by atoms with Crippen LogP contribution in [0.4, 0.5) is 28.6 Å². The van der Waals surface area contributed by atoms with Gasteiger partial charge in [0.2, 0.25) is 0 Å². The molecule has 7 nitrogen and oxygen atoms in total. The lowest BCUT2D eigenvalue weighted by molar-refractivity contribution is 0.0996. The second-order valence-electron chi connectivity index (χ2n) is 7.04. The molecule has 30 heavy (non-hydrogen) atoms. The van der Waals surface area contributed by atoms with Gasteiger partial charge in [-0.3, -0.25) is 9.78 Å². The van der Waals surface area contributed by atoms with Crippen LogP contribution in [-0.4, -0.2) is 19.6 Å². The number of benzene rings is 2. The highest BCUT2D eigenvalue weighted by Gasteiger charge is 2.28. The molecule has 0 atom stereocenters.